The Morgan fingerprint density at radius 2 is 2.14 bits per heavy atom. The molecule has 0 unspecified atom stereocenters. The number of rotatable bonds is 5. The van der Waals surface area contributed by atoms with Crippen molar-refractivity contribution < 1.29 is 14.3 Å². The lowest BCUT2D eigenvalue weighted by Gasteiger charge is -2.06. The smallest absolute Gasteiger partial charge is 0.338 e. The highest BCUT2D eigenvalue weighted by Crippen LogP contribution is 2.14. The summed E-state index contributed by atoms with van der Waals surface area (Å²) in [5.41, 5.74) is 6.85. The molecule has 0 atom stereocenters. The molecule has 0 radical (unpaired) electrons. The Morgan fingerprint density at radius 1 is 1.38 bits per heavy atom. The van der Waals surface area contributed by atoms with Crippen molar-refractivity contribution in [2.45, 2.75) is 20.3 Å². The molecule has 1 aromatic heterocycles. The average Bonchev–Trinajstić information content (AvgIpc) is 2.86. The molecule has 0 aliphatic rings. The lowest BCUT2D eigenvalue weighted by atomic mass is 10.2. The highest BCUT2D eigenvalue weighted by Gasteiger charge is 2.15. The molecule has 1 aromatic carbocycles. The molecule has 2 N–H and O–H groups in total. The molecule has 110 valence electrons. The van der Waals surface area contributed by atoms with E-state index in [1.54, 1.807) is 31.2 Å². The van der Waals surface area contributed by atoms with Gasteiger partial charge in [-0.1, -0.05) is 18.2 Å². The van der Waals surface area contributed by atoms with Gasteiger partial charge in [0.1, 0.15) is 0 Å². The minimum Gasteiger partial charge on any atom is -0.462 e. The Balaban J connectivity index is 2.33. The number of nitrogens with zero attached hydrogens (tertiary/aromatic N) is 3. The van der Waals surface area contributed by atoms with Crippen molar-refractivity contribution in [2.75, 3.05) is 6.61 Å². The molecule has 7 nitrogen and oxygen atoms in total. The quantitative estimate of drug-likeness (QED) is 0.834. The van der Waals surface area contributed by atoms with Crippen LogP contribution in [0.25, 0.3) is 5.69 Å². The highest BCUT2D eigenvalue weighted by atomic mass is 16.5. The van der Waals surface area contributed by atoms with Gasteiger partial charge in [-0.15, -0.1) is 5.10 Å². The van der Waals surface area contributed by atoms with Gasteiger partial charge in [-0.3, -0.25) is 4.79 Å². The van der Waals surface area contributed by atoms with Gasteiger partial charge in [0.05, 0.1) is 23.6 Å². The molecule has 2 aromatic rings. The van der Waals surface area contributed by atoms with Gasteiger partial charge in [-0.2, -0.15) is 0 Å². The fourth-order valence-electron chi connectivity index (χ4n) is 1.84. The summed E-state index contributed by atoms with van der Waals surface area (Å²) in [6, 6.07) is 6.75. The molecule has 21 heavy (non-hydrogen) atoms. The van der Waals surface area contributed by atoms with Crippen LogP contribution in [0.15, 0.2) is 24.3 Å². The van der Waals surface area contributed by atoms with Crippen LogP contribution in [0.5, 0.6) is 0 Å². The molecule has 0 aliphatic heterocycles. The summed E-state index contributed by atoms with van der Waals surface area (Å²) in [6.45, 7) is 3.98. The number of ether oxygens (including phenoxy) is 1. The third-order valence-corrected chi connectivity index (χ3v) is 2.89. The van der Waals surface area contributed by atoms with Crippen molar-refractivity contribution in [3.05, 3.63) is 41.2 Å². The summed E-state index contributed by atoms with van der Waals surface area (Å²) >= 11 is 0. The van der Waals surface area contributed by atoms with Gasteiger partial charge in [0, 0.05) is 0 Å². The molecule has 7 heteroatoms. The van der Waals surface area contributed by atoms with E-state index in [2.05, 4.69) is 10.3 Å². The number of primary amides is 1. The number of aromatic nitrogens is 3. The van der Waals surface area contributed by atoms with Gasteiger partial charge in [0.2, 0.25) is 0 Å². The summed E-state index contributed by atoms with van der Waals surface area (Å²) in [6.07, 6.45) is 0.760. The summed E-state index contributed by atoms with van der Waals surface area (Å²) < 4.78 is 6.54. The Morgan fingerprint density at radius 3 is 2.76 bits per heavy atom. The van der Waals surface area contributed by atoms with E-state index in [1.807, 2.05) is 6.92 Å². The monoisotopic (exact) mass is 288 g/mol. The molecular formula is C14H16N4O3. The lowest BCUT2D eigenvalue weighted by molar-refractivity contribution is 0.0505. The number of hydrogen-bond acceptors (Lipinski definition) is 5. The van der Waals surface area contributed by atoms with E-state index in [1.165, 1.54) is 4.68 Å². The van der Waals surface area contributed by atoms with E-state index in [-0.39, 0.29) is 5.69 Å². The lowest BCUT2D eigenvalue weighted by Crippen LogP contribution is -2.13. The maximum atomic E-state index is 11.8. The van der Waals surface area contributed by atoms with E-state index < -0.39 is 11.9 Å². The molecule has 2 rings (SSSR count). The van der Waals surface area contributed by atoms with E-state index >= 15 is 0 Å². The number of carbonyl (C=O) groups is 2. The standard InChI is InChI=1S/C14H16N4O3/c1-3-7-21-14(20)10-5-4-6-11(8-10)18-9(2)12(13(15)19)16-17-18/h4-6,8H,3,7H2,1-2H3,(H2,15,19). The number of nitrogens with two attached hydrogens (primary N) is 1. The van der Waals surface area contributed by atoms with Crippen LogP contribution < -0.4 is 5.73 Å². The van der Waals surface area contributed by atoms with Gasteiger partial charge < -0.3 is 10.5 Å². The predicted molar refractivity (Wildman–Crippen MR) is 75.2 cm³/mol. The largest absolute Gasteiger partial charge is 0.462 e. The summed E-state index contributed by atoms with van der Waals surface area (Å²) in [4.78, 5) is 23.0. The third-order valence-electron chi connectivity index (χ3n) is 2.89. The fourth-order valence-corrected chi connectivity index (χ4v) is 1.84. The number of esters is 1. The molecule has 1 heterocycles. The maximum absolute atomic E-state index is 11.8. The molecular weight excluding hydrogens is 272 g/mol. The van der Waals surface area contributed by atoms with Gasteiger partial charge in [0.15, 0.2) is 5.69 Å². The zero-order chi connectivity index (χ0) is 15.4. The topological polar surface area (TPSA) is 100 Å². The minimum atomic E-state index is -0.641. The molecule has 1 amide bonds. The first-order valence-electron chi connectivity index (χ1n) is 6.54. The van der Waals surface area contributed by atoms with Gasteiger partial charge in [-0.25, -0.2) is 9.48 Å². The second-order valence-electron chi connectivity index (χ2n) is 4.49. The van der Waals surface area contributed by atoms with Crippen molar-refractivity contribution in [3.63, 3.8) is 0 Å². The summed E-state index contributed by atoms with van der Waals surface area (Å²) in [7, 11) is 0. The van der Waals surface area contributed by atoms with Crippen molar-refractivity contribution in [3.8, 4) is 5.69 Å². The Bertz CT molecular complexity index is 679. The highest BCUT2D eigenvalue weighted by molar-refractivity contribution is 5.92. The van der Waals surface area contributed by atoms with Crippen molar-refractivity contribution in [1.29, 1.82) is 0 Å². The minimum absolute atomic E-state index is 0.106. The SMILES string of the molecule is CCCOC(=O)c1cccc(-n2nnc(C(N)=O)c2C)c1. The van der Waals surface area contributed by atoms with E-state index in [4.69, 9.17) is 10.5 Å². The average molecular weight is 288 g/mol. The first kappa shape index (κ1) is 14.7. The van der Waals surface area contributed by atoms with E-state index in [0.29, 0.717) is 23.6 Å². The van der Waals surface area contributed by atoms with Gasteiger partial charge >= 0.3 is 5.97 Å². The predicted octanol–water partition coefficient (Wildman–Crippen LogP) is 1.24. The van der Waals surface area contributed by atoms with Crippen LogP contribution >= 0.6 is 0 Å². The normalized spacial score (nSPS) is 10.4. The van der Waals surface area contributed by atoms with Crippen LogP contribution in [-0.2, 0) is 4.74 Å². The van der Waals surface area contributed by atoms with Crippen LogP contribution in [-0.4, -0.2) is 33.5 Å². The van der Waals surface area contributed by atoms with Crippen LogP contribution in [0, 0.1) is 6.92 Å². The first-order chi connectivity index (χ1) is 10.0. The van der Waals surface area contributed by atoms with Gasteiger partial charge in [-0.05, 0) is 31.5 Å². The van der Waals surface area contributed by atoms with Crippen molar-refractivity contribution in [2.24, 2.45) is 5.73 Å². The Kier molecular flexibility index (Phi) is 4.32. The second kappa shape index (κ2) is 6.17. The van der Waals surface area contributed by atoms with Crippen LogP contribution in [0.1, 0.15) is 39.9 Å². The third kappa shape index (κ3) is 3.07. The first-order valence-corrected chi connectivity index (χ1v) is 6.54. The molecule has 0 saturated carbocycles. The Hall–Kier alpha value is -2.70. The molecule has 0 aliphatic carbocycles. The number of amides is 1. The molecule has 0 bridgehead atoms. The van der Waals surface area contributed by atoms with E-state index in [9.17, 15) is 9.59 Å². The fraction of sp³-hybridized carbons (Fsp3) is 0.286. The zero-order valence-corrected chi connectivity index (χ0v) is 11.9. The maximum Gasteiger partial charge on any atom is 0.338 e. The number of carbonyl (C=O) groups excluding carboxylic acids is 2. The van der Waals surface area contributed by atoms with Crippen LogP contribution in [0.4, 0.5) is 0 Å². The van der Waals surface area contributed by atoms with E-state index in [0.717, 1.165) is 6.42 Å². The Labute approximate surface area is 121 Å². The van der Waals surface area contributed by atoms with Gasteiger partial charge in [0.25, 0.3) is 5.91 Å². The van der Waals surface area contributed by atoms with Crippen LogP contribution in [0.3, 0.4) is 0 Å². The molecule has 0 saturated heterocycles. The summed E-state index contributed by atoms with van der Waals surface area (Å²) in [5.74, 6) is -1.04. The van der Waals surface area contributed by atoms with Crippen molar-refractivity contribution in [1.82, 2.24) is 15.0 Å². The second-order valence-corrected chi connectivity index (χ2v) is 4.49. The number of benzene rings is 1. The molecule has 0 spiro atoms. The van der Waals surface area contributed by atoms with Crippen LogP contribution in [0.2, 0.25) is 0 Å². The summed E-state index contributed by atoms with van der Waals surface area (Å²) in [5, 5.41) is 7.62. The molecule has 0 fully saturated rings. The van der Waals surface area contributed by atoms with Crippen molar-refractivity contribution >= 4 is 11.9 Å². The number of hydrogen-bond donors (Lipinski definition) is 1. The zero-order valence-electron chi connectivity index (χ0n) is 11.9.